The Kier molecular flexibility index (Phi) is 7.91. The van der Waals surface area contributed by atoms with Crippen LogP contribution in [0.1, 0.15) is 6.92 Å². The van der Waals surface area contributed by atoms with Crippen LogP contribution in [-0.4, -0.2) is 25.7 Å². The Hall–Kier alpha value is 0.220. The molecule has 0 aliphatic carbocycles. The van der Waals surface area contributed by atoms with Gasteiger partial charge in [-0.25, -0.2) is 9.13 Å². The van der Waals surface area contributed by atoms with Gasteiger partial charge >= 0.3 is 15.6 Å². The first-order valence-corrected chi connectivity index (χ1v) is 6.25. The molecular weight excluding hydrogens is 236 g/mol. The van der Waals surface area contributed by atoms with Gasteiger partial charge in [0.2, 0.25) is 0 Å². The van der Waals surface area contributed by atoms with E-state index in [0.29, 0.717) is 0 Å². The summed E-state index contributed by atoms with van der Waals surface area (Å²) in [7, 11) is -6.28. The van der Waals surface area contributed by atoms with Crippen LogP contribution in [0.3, 0.4) is 0 Å². The van der Waals surface area contributed by atoms with Crippen LogP contribution in [0, 0.1) is 0 Å². The van der Waals surface area contributed by atoms with Crippen LogP contribution in [0.2, 0.25) is 0 Å². The van der Waals surface area contributed by atoms with Gasteiger partial charge in [0.05, 0.1) is 6.61 Å². The zero-order chi connectivity index (χ0) is 10.5. The lowest BCUT2D eigenvalue weighted by Gasteiger charge is -2.16. The normalized spacial score (nSPS) is 15.7. The second-order valence-corrected chi connectivity index (χ2v) is 5.25. The second-order valence-electron chi connectivity index (χ2n) is 1.78. The van der Waals surface area contributed by atoms with Crippen LogP contribution < -0.4 is 6.15 Å². The van der Waals surface area contributed by atoms with Crippen molar-refractivity contribution in [3.8, 4) is 0 Å². The molecule has 0 heterocycles. The van der Waals surface area contributed by atoms with E-state index in [-0.39, 0.29) is 12.8 Å². The highest BCUT2D eigenvalue weighted by atomic mass is 31.3. The Morgan fingerprint density at radius 2 is 1.64 bits per heavy atom. The fourth-order valence-electron chi connectivity index (χ4n) is 0.454. The van der Waals surface area contributed by atoms with Gasteiger partial charge in [0.15, 0.2) is 0 Å². The Balaban J connectivity index is 0. The highest BCUT2D eigenvalue weighted by Gasteiger charge is 2.35. The summed E-state index contributed by atoms with van der Waals surface area (Å²) in [5.74, 6) is 0. The van der Waals surface area contributed by atoms with Gasteiger partial charge in [-0.2, -0.15) is 4.31 Å². The fourth-order valence-corrected chi connectivity index (χ4v) is 2.66. The molecule has 0 amide bonds. The average Bonchev–Trinajstić information content (AvgIpc) is 2.03. The molecule has 0 spiro atoms. The SMILES string of the molecule is CCOP(=O)(O)OP(=O)(OC)OC.N. The minimum atomic E-state index is -4.36. The molecule has 14 heavy (non-hydrogen) atoms. The van der Waals surface area contributed by atoms with Crippen molar-refractivity contribution in [2.45, 2.75) is 6.92 Å². The molecule has 0 aliphatic heterocycles. The number of rotatable bonds is 6. The van der Waals surface area contributed by atoms with Crippen LogP contribution in [0.15, 0.2) is 0 Å². The van der Waals surface area contributed by atoms with E-state index in [1.165, 1.54) is 6.92 Å². The molecule has 0 saturated heterocycles. The lowest BCUT2D eigenvalue weighted by molar-refractivity contribution is 0.160. The molecule has 0 fully saturated rings. The van der Waals surface area contributed by atoms with Gasteiger partial charge < -0.3 is 11.0 Å². The average molecular weight is 251 g/mol. The molecule has 0 radical (unpaired) electrons. The van der Waals surface area contributed by atoms with Crippen molar-refractivity contribution in [1.29, 1.82) is 0 Å². The maximum absolute atomic E-state index is 11.2. The predicted octanol–water partition coefficient (Wildman–Crippen LogP) is 1.70. The summed E-state index contributed by atoms with van der Waals surface area (Å²) < 4.78 is 39.1. The first-order chi connectivity index (χ1) is 5.89. The van der Waals surface area contributed by atoms with E-state index in [1.54, 1.807) is 0 Å². The van der Waals surface area contributed by atoms with Crippen molar-refractivity contribution in [3.63, 3.8) is 0 Å². The number of phosphoric ester groups is 2. The lowest BCUT2D eigenvalue weighted by atomic mass is 10.9. The Bertz CT molecular complexity index is 236. The third-order valence-electron chi connectivity index (χ3n) is 0.943. The first-order valence-electron chi connectivity index (χ1n) is 3.29. The highest BCUT2D eigenvalue weighted by molar-refractivity contribution is 7.61. The Morgan fingerprint density at radius 1 is 1.21 bits per heavy atom. The summed E-state index contributed by atoms with van der Waals surface area (Å²) in [5, 5.41) is 0. The molecule has 0 saturated carbocycles. The Morgan fingerprint density at radius 3 is 1.93 bits per heavy atom. The van der Waals surface area contributed by atoms with Gasteiger partial charge in [-0.1, -0.05) is 0 Å². The maximum Gasteiger partial charge on any atom is 0.483 e. The Labute approximate surface area is 82.3 Å². The lowest BCUT2D eigenvalue weighted by Crippen LogP contribution is -1.96. The zero-order valence-electron chi connectivity index (χ0n) is 8.21. The van der Waals surface area contributed by atoms with E-state index in [2.05, 4.69) is 17.9 Å². The van der Waals surface area contributed by atoms with Gasteiger partial charge in [-0.05, 0) is 6.92 Å². The molecule has 0 aliphatic rings. The van der Waals surface area contributed by atoms with E-state index in [4.69, 9.17) is 4.89 Å². The smallest absolute Gasteiger partial charge is 0.344 e. The van der Waals surface area contributed by atoms with Crippen LogP contribution >= 0.6 is 15.6 Å². The van der Waals surface area contributed by atoms with Crippen LogP contribution in [-0.2, 0) is 27.0 Å². The second kappa shape index (κ2) is 6.66. The van der Waals surface area contributed by atoms with Gasteiger partial charge in [0.1, 0.15) is 0 Å². The number of hydrogen-bond acceptors (Lipinski definition) is 7. The minimum absolute atomic E-state index is 0. The monoisotopic (exact) mass is 251 g/mol. The summed E-state index contributed by atoms with van der Waals surface area (Å²) in [6, 6.07) is 0. The van der Waals surface area contributed by atoms with E-state index >= 15 is 0 Å². The van der Waals surface area contributed by atoms with E-state index < -0.39 is 15.6 Å². The molecule has 0 rings (SSSR count). The maximum atomic E-state index is 11.2. The first kappa shape index (κ1) is 16.6. The van der Waals surface area contributed by atoms with Crippen molar-refractivity contribution in [2.24, 2.45) is 0 Å². The van der Waals surface area contributed by atoms with Gasteiger partial charge in [-0.3, -0.25) is 13.6 Å². The van der Waals surface area contributed by atoms with Crippen LogP contribution in [0.4, 0.5) is 0 Å². The quantitative estimate of drug-likeness (QED) is 0.683. The summed E-state index contributed by atoms with van der Waals surface area (Å²) >= 11 is 0. The summed E-state index contributed by atoms with van der Waals surface area (Å²) in [5.41, 5.74) is 0. The highest BCUT2D eigenvalue weighted by Crippen LogP contribution is 2.62. The van der Waals surface area contributed by atoms with Crippen LogP contribution in [0.5, 0.6) is 0 Å². The molecule has 0 aromatic heterocycles. The zero-order valence-corrected chi connectivity index (χ0v) is 9.99. The molecule has 0 aromatic rings. The molecule has 0 aromatic carbocycles. The van der Waals surface area contributed by atoms with E-state index in [9.17, 15) is 9.13 Å². The minimum Gasteiger partial charge on any atom is -0.344 e. The van der Waals surface area contributed by atoms with Crippen molar-refractivity contribution < 1.29 is 31.9 Å². The van der Waals surface area contributed by atoms with Crippen molar-refractivity contribution in [2.75, 3.05) is 20.8 Å². The molecule has 0 bridgehead atoms. The predicted molar refractivity (Wildman–Crippen MR) is 49.2 cm³/mol. The molecule has 8 nitrogen and oxygen atoms in total. The largest absolute Gasteiger partial charge is 0.483 e. The van der Waals surface area contributed by atoms with E-state index in [1.807, 2.05) is 0 Å². The molecule has 1 atom stereocenters. The molecule has 10 heteroatoms. The fraction of sp³-hybridized carbons (Fsp3) is 1.00. The summed E-state index contributed by atoms with van der Waals surface area (Å²) in [6.45, 7) is 1.43. The molecule has 4 N–H and O–H groups in total. The number of phosphoric acid groups is 2. The third-order valence-corrected chi connectivity index (χ3v) is 4.05. The van der Waals surface area contributed by atoms with Crippen molar-refractivity contribution >= 4 is 15.6 Å². The summed E-state index contributed by atoms with van der Waals surface area (Å²) in [4.78, 5) is 8.89. The standard InChI is InChI=1S/C4H12O7P2.H3N/c1-4-10-12(5,6)11-13(7,8-2)9-3;/h4H2,1-3H3,(H,5,6);1H3. The van der Waals surface area contributed by atoms with Gasteiger partial charge in [0, 0.05) is 14.2 Å². The van der Waals surface area contributed by atoms with E-state index in [0.717, 1.165) is 14.2 Å². The summed E-state index contributed by atoms with van der Waals surface area (Å²) in [6.07, 6.45) is 0. The molecular formula is C4H15NO7P2. The van der Waals surface area contributed by atoms with Gasteiger partial charge in [-0.15, -0.1) is 0 Å². The van der Waals surface area contributed by atoms with Crippen LogP contribution in [0.25, 0.3) is 0 Å². The molecule has 88 valence electrons. The van der Waals surface area contributed by atoms with Gasteiger partial charge in [0.25, 0.3) is 0 Å². The topological polar surface area (TPSA) is 126 Å². The third kappa shape index (κ3) is 5.85. The van der Waals surface area contributed by atoms with Crippen molar-refractivity contribution in [1.82, 2.24) is 6.15 Å². The number of hydrogen-bond donors (Lipinski definition) is 2. The molecule has 1 unspecified atom stereocenters. The van der Waals surface area contributed by atoms with Crippen molar-refractivity contribution in [3.05, 3.63) is 0 Å².